The van der Waals surface area contributed by atoms with Crippen molar-refractivity contribution in [3.63, 3.8) is 0 Å². The van der Waals surface area contributed by atoms with E-state index in [-0.39, 0.29) is 41.4 Å². The van der Waals surface area contributed by atoms with Crippen LogP contribution in [0.25, 0.3) is 0 Å². The molecular formula is C25H25NO5S. The number of ketones is 1. The van der Waals surface area contributed by atoms with Gasteiger partial charge in [0.05, 0.1) is 17.0 Å². The minimum atomic E-state index is -3.86. The molecule has 166 valence electrons. The highest BCUT2D eigenvalue weighted by atomic mass is 32.2. The van der Waals surface area contributed by atoms with Crippen LogP contribution in [0.4, 0.5) is 5.69 Å². The first-order valence-electron chi connectivity index (χ1n) is 10.2. The third kappa shape index (κ3) is 6.28. The van der Waals surface area contributed by atoms with Crippen LogP contribution in [0, 0.1) is 13.8 Å². The summed E-state index contributed by atoms with van der Waals surface area (Å²) in [6.07, 6.45) is -0.180. The van der Waals surface area contributed by atoms with E-state index >= 15 is 0 Å². The third-order valence-corrected chi connectivity index (χ3v) is 6.23. The van der Waals surface area contributed by atoms with Gasteiger partial charge in [-0.1, -0.05) is 59.7 Å². The van der Waals surface area contributed by atoms with E-state index in [9.17, 15) is 18.0 Å². The molecular weight excluding hydrogens is 426 g/mol. The molecule has 0 atom stereocenters. The van der Waals surface area contributed by atoms with Gasteiger partial charge in [0, 0.05) is 12.0 Å². The molecule has 3 rings (SSSR count). The summed E-state index contributed by atoms with van der Waals surface area (Å²) in [6.45, 7) is 3.81. The van der Waals surface area contributed by atoms with Crippen LogP contribution in [0.5, 0.6) is 0 Å². The molecule has 3 aromatic rings. The lowest BCUT2D eigenvalue weighted by atomic mass is 10.0. The molecule has 32 heavy (non-hydrogen) atoms. The van der Waals surface area contributed by atoms with Crippen molar-refractivity contribution in [1.82, 2.24) is 0 Å². The quantitative estimate of drug-likeness (QED) is 0.372. The Balaban J connectivity index is 1.68. The molecule has 0 saturated carbocycles. The zero-order valence-electron chi connectivity index (χ0n) is 18.0. The van der Waals surface area contributed by atoms with E-state index in [4.69, 9.17) is 4.74 Å². The highest BCUT2D eigenvalue weighted by Gasteiger charge is 2.20. The Hall–Kier alpha value is -3.45. The molecule has 0 aliphatic carbocycles. The number of esters is 1. The first kappa shape index (κ1) is 23.2. The maximum Gasteiger partial charge on any atom is 0.306 e. The lowest BCUT2D eigenvalue weighted by Gasteiger charge is -2.13. The molecule has 3 aromatic carbocycles. The molecule has 0 amide bonds. The smallest absolute Gasteiger partial charge is 0.306 e. The predicted octanol–water partition coefficient (Wildman–Crippen LogP) is 4.81. The van der Waals surface area contributed by atoms with Gasteiger partial charge >= 0.3 is 5.97 Å². The number of anilines is 1. The summed E-state index contributed by atoms with van der Waals surface area (Å²) in [5, 5.41) is 0. The number of carbonyl (C=O) groups excluding carboxylic acids is 2. The molecule has 0 fully saturated rings. The van der Waals surface area contributed by atoms with E-state index in [2.05, 4.69) is 4.72 Å². The monoisotopic (exact) mass is 451 g/mol. The van der Waals surface area contributed by atoms with Crippen LogP contribution in [-0.4, -0.2) is 20.2 Å². The summed E-state index contributed by atoms with van der Waals surface area (Å²) < 4.78 is 33.2. The van der Waals surface area contributed by atoms with Crippen molar-refractivity contribution in [2.75, 3.05) is 4.72 Å². The minimum Gasteiger partial charge on any atom is -0.461 e. The number of benzene rings is 3. The molecule has 0 bridgehead atoms. The van der Waals surface area contributed by atoms with Crippen LogP contribution >= 0.6 is 0 Å². The number of rotatable bonds is 9. The van der Waals surface area contributed by atoms with Gasteiger partial charge in [0.1, 0.15) is 6.61 Å². The van der Waals surface area contributed by atoms with Gasteiger partial charge in [-0.3, -0.25) is 14.3 Å². The highest BCUT2D eigenvalue weighted by molar-refractivity contribution is 7.92. The summed E-state index contributed by atoms with van der Waals surface area (Å²) in [6, 6.07) is 20.6. The maximum atomic E-state index is 12.8. The number of nitrogens with one attached hydrogen (secondary N) is 1. The summed E-state index contributed by atoms with van der Waals surface area (Å²) in [4.78, 5) is 25.0. The lowest BCUT2D eigenvalue weighted by Crippen LogP contribution is -2.16. The second kappa shape index (κ2) is 10.2. The Morgan fingerprint density at radius 2 is 1.50 bits per heavy atom. The number of aryl methyl sites for hydroxylation is 2. The summed E-state index contributed by atoms with van der Waals surface area (Å²) in [5.74, 6) is -0.830. The van der Waals surface area contributed by atoms with E-state index in [1.807, 2.05) is 44.2 Å². The first-order valence-corrected chi connectivity index (χ1v) is 11.7. The van der Waals surface area contributed by atoms with Gasteiger partial charge in [-0.15, -0.1) is 0 Å². The van der Waals surface area contributed by atoms with Crippen LogP contribution in [0.1, 0.15) is 39.9 Å². The van der Waals surface area contributed by atoms with Crippen LogP contribution in [-0.2, 0) is 26.2 Å². The van der Waals surface area contributed by atoms with Gasteiger partial charge in [-0.2, -0.15) is 0 Å². The fourth-order valence-electron chi connectivity index (χ4n) is 3.06. The van der Waals surface area contributed by atoms with Gasteiger partial charge < -0.3 is 4.74 Å². The van der Waals surface area contributed by atoms with Crippen molar-refractivity contribution in [3.8, 4) is 0 Å². The Bertz CT molecular complexity index is 1200. The Labute approximate surface area is 188 Å². The second-order valence-electron chi connectivity index (χ2n) is 7.54. The number of ether oxygens (including phenoxy) is 1. The number of hydrogen-bond acceptors (Lipinski definition) is 5. The number of Topliss-reactive ketones (excluding diaryl/α,β-unsaturated/α-hetero) is 1. The average Bonchev–Trinajstić information content (AvgIpc) is 2.78. The van der Waals surface area contributed by atoms with Crippen LogP contribution in [0.15, 0.2) is 77.7 Å². The molecule has 0 aliphatic heterocycles. The Morgan fingerprint density at radius 3 is 2.19 bits per heavy atom. The van der Waals surface area contributed by atoms with Crippen molar-refractivity contribution in [2.45, 2.75) is 38.2 Å². The molecule has 7 heteroatoms. The zero-order valence-corrected chi connectivity index (χ0v) is 18.8. The summed E-state index contributed by atoms with van der Waals surface area (Å²) in [7, 11) is -3.86. The largest absolute Gasteiger partial charge is 0.461 e. The molecule has 0 radical (unpaired) electrons. The average molecular weight is 452 g/mol. The van der Waals surface area contributed by atoms with Gasteiger partial charge in [-0.25, -0.2) is 8.42 Å². The summed E-state index contributed by atoms with van der Waals surface area (Å²) in [5.41, 5.74) is 3.00. The number of hydrogen-bond donors (Lipinski definition) is 1. The molecule has 0 aliphatic rings. The van der Waals surface area contributed by atoms with Crippen LogP contribution in [0.3, 0.4) is 0 Å². The van der Waals surface area contributed by atoms with Crippen molar-refractivity contribution in [3.05, 3.63) is 95.1 Å². The molecule has 0 aromatic heterocycles. The van der Waals surface area contributed by atoms with E-state index in [1.54, 1.807) is 30.3 Å². The maximum absolute atomic E-state index is 12.8. The van der Waals surface area contributed by atoms with Gasteiger partial charge in [-0.05, 0) is 43.7 Å². The normalized spacial score (nSPS) is 11.1. The Morgan fingerprint density at radius 1 is 0.844 bits per heavy atom. The summed E-state index contributed by atoms with van der Waals surface area (Å²) >= 11 is 0. The molecule has 0 heterocycles. The van der Waals surface area contributed by atoms with E-state index in [0.29, 0.717) is 0 Å². The third-order valence-electron chi connectivity index (χ3n) is 4.85. The van der Waals surface area contributed by atoms with Gasteiger partial charge in [0.15, 0.2) is 5.78 Å². The number of sulfonamides is 1. The highest BCUT2D eigenvalue weighted by Crippen LogP contribution is 2.23. The van der Waals surface area contributed by atoms with Gasteiger partial charge in [0.25, 0.3) is 10.0 Å². The first-order chi connectivity index (χ1) is 15.2. The minimum absolute atomic E-state index is 0.0870. The van der Waals surface area contributed by atoms with Crippen LogP contribution < -0.4 is 4.72 Å². The van der Waals surface area contributed by atoms with Gasteiger partial charge in [0.2, 0.25) is 0 Å². The van der Waals surface area contributed by atoms with E-state index < -0.39 is 16.0 Å². The zero-order chi connectivity index (χ0) is 23.1. The van der Waals surface area contributed by atoms with Crippen molar-refractivity contribution in [1.29, 1.82) is 0 Å². The van der Waals surface area contributed by atoms with E-state index in [0.717, 1.165) is 16.7 Å². The lowest BCUT2D eigenvalue weighted by molar-refractivity contribution is -0.144. The predicted molar refractivity (Wildman–Crippen MR) is 123 cm³/mol. The molecule has 0 spiro atoms. The SMILES string of the molecule is Cc1ccc(S(=O)(=O)Nc2ccc(C)cc2C(=O)CCC(=O)OCc2ccccc2)cc1. The fraction of sp³-hybridized carbons (Fsp3) is 0.200. The Kier molecular flexibility index (Phi) is 7.43. The van der Waals surface area contributed by atoms with E-state index in [1.165, 1.54) is 12.1 Å². The standard InChI is InChI=1S/C25H25NO5S/c1-18-8-11-21(12-9-18)32(29,30)26-23-13-10-19(2)16-22(23)24(27)14-15-25(28)31-17-20-6-4-3-5-7-20/h3-13,16,26H,14-15,17H2,1-2H3. The van der Waals surface area contributed by atoms with Crippen molar-refractivity contribution >= 4 is 27.5 Å². The molecule has 6 nitrogen and oxygen atoms in total. The fourth-order valence-corrected chi connectivity index (χ4v) is 4.14. The topological polar surface area (TPSA) is 89.5 Å². The van der Waals surface area contributed by atoms with Crippen molar-refractivity contribution in [2.24, 2.45) is 0 Å². The number of carbonyl (C=O) groups is 2. The van der Waals surface area contributed by atoms with Crippen LogP contribution in [0.2, 0.25) is 0 Å². The second-order valence-corrected chi connectivity index (χ2v) is 9.22. The molecule has 1 N–H and O–H groups in total. The molecule has 0 saturated heterocycles. The van der Waals surface area contributed by atoms with Crippen molar-refractivity contribution < 1.29 is 22.7 Å². The molecule has 0 unspecified atom stereocenters.